The van der Waals surface area contributed by atoms with Crippen LogP contribution in [-0.2, 0) is 11.2 Å². The van der Waals surface area contributed by atoms with E-state index >= 15 is 0 Å². The Balaban J connectivity index is 1.93. The normalized spacial score (nSPS) is 24.5. The zero-order valence-electron chi connectivity index (χ0n) is 9.98. The summed E-state index contributed by atoms with van der Waals surface area (Å²) in [5.41, 5.74) is 0. The Hall–Kier alpha value is -0.840. The van der Waals surface area contributed by atoms with Crippen molar-refractivity contribution in [3.05, 3.63) is 24.2 Å². The van der Waals surface area contributed by atoms with E-state index in [2.05, 4.69) is 17.3 Å². The fourth-order valence-corrected chi connectivity index (χ4v) is 2.12. The van der Waals surface area contributed by atoms with E-state index in [0.29, 0.717) is 6.04 Å². The Morgan fingerprint density at radius 1 is 1.62 bits per heavy atom. The van der Waals surface area contributed by atoms with Crippen molar-refractivity contribution in [3.8, 4) is 0 Å². The molecule has 0 spiro atoms. The van der Waals surface area contributed by atoms with Gasteiger partial charge in [0.2, 0.25) is 0 Å². The fourth-order valence-electron chi connectivity index (χ4n) is 2.12. The van der Waals surface area contributed by atoms with E-state index in [1.807, 2.05) is 19.2 Å². The summed E-state index contributed by atoms with van der Waals surface area (Å²) in [4.78, 5) is 2.31. The summed E-state index contributed by atoms with van der Waals surface area (Å²) in [6.45, 7) is 2.82. The SMILES string of the molecule is CNC(Cc1ccco1)C1CN(C)CCO1. The number of nitrogens with one attached hydrogen (secondary N) is 1. The van der Waals surface area contributed by atoms with Crippen LogP contribution in [0.25, 0.3) is 0 Å². The second-order valence-electron chi connectivity index (χ2n) is 4.35. The van der Waals surface area contributed by atoms with E-state index in [9.17, 15) is 0 Å². The van der Waals surface area contributed by atoms with Crippen molar-refractivity contribution in [2.45, 2.75) is 18.6 Å². The summed E-state index contributed by atoms with van der Waals surface area (Å²) >= 11 is 0. The lowest BCUT2D eigenvalue weighted by Crippen LogP contribution is -2.51. The first kappa shape index (κ1) is 11.6. The molecule has 0 bridgehead atoms. The summed E-state index contributed by atoms with van der Waals surface area (Å²) in [6.07, 6.45) is 2.84. The first-order valence-electron chi connectivity index (χ1n) is 5.79. The van der Waals surface area contributed by atoms with Gasteiger partial charge in [-0.2, -0.15) is 0 Å². The van der Waals surface area contributed by atoms with Crippen LogP contribution in [0.1, 0.15) is 5.76 Å². The van der Waals surface area contributed by atoms with Crippen molar-refractivity contribution in [1.29, 1.82) is 0 Å². The molecule has 2 rings (SSSR count). The van der Waals surface area contributed by atoms with Crippen LogP contribution in [0.5, 0.6) is 0 Å². The molecule has 4 nitrogen and oxygen atoms in total. The van der Waals surface area contributed by atoms with Crippen LogP contribution in [0, 0.1) is 0 Å². The van der Waals surface area contributed by atoms with E-state index in [-0.39, 0.29) is 6.10 Å². The van der Waals surface area contributed by atoms with Gasteiger partial charge in [-0.05, 0) is 26.2 Å². The van der Waals surface area contributed by atoms with Gasteiger partial charge in [-0.15, -0.1) is 0 Å². The number of nitrogens with zero attached hydrogens (tertiary/aromatic N) is 1. The molecule has 0 aromatic carbocycles. The molecule has 0 amide bonds. The van der Waals surface area contributed by atoms with Gasteiger partial charge >= 0.3 is 0 Å². The maximum absolute atomic E-state index is 5.80. The predicted molar refractivity (Wildman–Crippen MR) is 62.5 cm³/mol. The van der Waals surface area contributed by atoms with Gasteiger partial charge in [0.1, 0.15) is 5.76 Å². The Labute approximate surface area is 96.6 Å². The molecule has 0 saturated carbocycles. The number of ether oxygens (including phenoxy) is 1. The number of rotatable bonds is 4. The molecule has 4 heteroatoms. The summed E-state index contributed by atoms with van der Waals surface area (Å²) in [5, 5.41) is 3.32. The van der Waals surface area contributed by atoms with E-state index in [4.69, 9.17) is 9.15 Å². The largest absolute Gasteiger partial charge is 0.469 e. The molecule has 1 N–H and O–H groups in total. The third kappa shape index (κ3) is 2.84. The summed E-state index contributed by atoms with van der Waals surface area (Å²) < 4.78 is 11.2. The zero-order valence-corrected chi connectivity index (χ0v) is 9.98. The molecule has 1 aliphatic rings. The van der Waals surface area contributed by atoms with Gasteiger partial charge < -0.3 is 19.4 Å². The average Bonchev–Trinajstić information content (AvgIpc) is 2.78. The van der Waals surface area contributed by atoms with E-state index < -0.39 is 0 Å². The molecule has 0 aliphatic carbocycles. The van der Waals surface area contributed by atoms with Crippen molar-refractivity contribution in [2.24, 2.45) is 0 Å². The second kappa shape index (κ2) is 5.48. The monoisotopic (exact) mass is 224 g/mol. The molecule has 1 fully saturated rings. The zero-order chi connectivity index (χ0) is 11.4. The number of hydrogen-bond acceptors (Lipinski definition) is 4. The van der Waals surface area contributed by atoms with Crippen LogP contribution in [-0.4, -0.2) is 50.8 Å². The van der Waals surface area contributed by atoms with Crippen LogP contribution in [0.15, 0.2) is 22.8 Å². The maximum Gasteiger partial charge on any atom is 0.105 e. The first-order chi connectivity index (χ1) is 7.79. The lowest BCUT2D eigenvalue weighted by atomic mass is 10.0. The summed E-state index contributed by atoms with van der Waals surface area (Å²) in [6, 6.07) is 4.25. The van der Waals surface area contributed by atoms with Gasteiger partial charge in [0, 0.05) is 25.6 Å². The molecule has 2 unspecified atom stereocenters. The molecule has 16 heavy (non-hydrogen) atoms. The minimum absolute atomic E-state index is 0.244. The highest BCUT2D eigenvalue weighted by Gasteiger charge is 2.26. The minimum atomic E-state index is 0.244. The fraction of sp³-hybridized carbons (Fsp3) is 0.667. The van der Waals surface area contributed by atoms with E-state index in [1.165, 1.54) is 0 Å². The quantitative estimate of drug-likeness (QED) is 0.818. The van der Waals surface area contributed by atoms with Gasteiger partial charge in [-0.3, -0.25) is 0 Å². The third-order valence-electron chi connectivity index (χ3n) is 3.12. The topological polar surface area (TPSA) is 37.6 Å². The smallest absolute Gasteiger partial charge is 0.105 e. The molecular formula is C12H20N2O2. The number of furan rings is 1. The highest BCUT2D eigenvalue weighted by molar-refractivity contribution is 5.02. The van der Waals surface area contributed by atoms with E-state index in [1.54, 1.807) is 6.26 Å². The molecule has 0 radical (unpaired) electrons. The summed E-state index contributed by atoms with van der Waals surface area (Å²) in [5.74, 6) is 1.01. The Morgan fingerprint density at radius 2 is 2.50 bits per heavy atom. The standard InChI is InChI=1S/C12H20N2O2/c1-13-11(8-10-4-3-6-15-10)12-9-14(2)5-7-16-12/h3-4,6,11-13H,5,7-9H2,1-2H3. The molecule has 1 aromatic rings. The van der Waals surface area contributed by atoms with Gasteiger partial charge in [-0.1, -0.05) is 0 Å². The third-order valence-corrected chi connectivity index (χ3v) is 3.12. The number of hydrogen-bond donors (Lipinski definition) is 1. The molecule has 1 aromatic heterocycles. The van der Waals surface area contributed by atoms with Crippen molar-refractivity contribution in [3.63, 3.8) is 0 Å². The minimum Gasteiger partial charge on any atom is -0.469 e. The molecule has 90 valence electrons. The highest BCUT2D eigenvalue weighted by atomic mass is 16.5. The molecule has 1 aliphatic heterocycles. The van der Waals surface area contributed by atoms with Crippen molar-refractivity contribution in [1.82, 2.24) is 10.2 Å². The molecule has 2 heterocycles. The molecule has 1 saturated heterocycles. The van der Waals surface area contributed by atoms with Gasteiger partial charge in [0.05, 0.1) is 19.0 Å². The first-order valence-corrected chi connectivity index (χ1v) is 5.79. The van der Waals surface area contributed by atoms with Gasteiger partial charge in [0.25, 0.3) is 0 Å². The van der Waals surface area contributed by atoms with Crippen LogP contribution >= 0.6 is 0 Å². The van der Waals surface area contributed by atoms with Crippen molar-refractivity contribution < 1.29 is 9.15 Å². The van der Waals surface area contributed by atoms with Gasteiger partial charge in [0.15, 0.2) is 0 Å². The maximum atomic E-state index is 5.80. The lowest BCUT2D eigenvalue weighted by molar-refractivity contribution is -0.0379. The van der Waals surface area contributed by atoms with Crippen LogP contribution < -0.4 is 5.32 Å². The molecule has 2 atom stereocenters. The highest BCUT2D eigenvalue weighted by Crippen LogP contribution is 2.12. The lowest BCUT2D eigenvalue weighted by Gasteiger charge is -2.34. The molecular weight excluding hydrogens is 204 g/mol. The van der Waals surface area contributed by atoms with Crippen LogP contribution in [0.2, 0.25) is 0 Å². The Bertz CT molecular complexity index is 300. The van der Waals surface area contributed by atoms with Crippen LogP contribution in [0.3, 0.4) is 0 Å². The number of morpholine rings is 1. The van der Waals surface area contributed by atoms with Crippen molar-refractivity contribution in [2.75, 3.05) is 33.8 Å². The summed E-state index contributed by atoms with van der Waals surface area (Å²) in [7, 11) is 4.11. The van der Waals surface area contributed by atoms with Crippen molar-refractivity contribution >= 4 is 0 Å². The predicted octanol–water partition coefficient (Wildman–Crippen LogP) is 0.741. The average molecular weight is 224 g/mol. The Morgan fingerprint density at radius 3 is 3.12 bits per heavy atom. The van der Waals surface area contributed by atoms with Gasteiger partial charge in [-0.25, -0.2) is 0 Å². The van der Waals surface area contributed by atoms with E-state index in [0.717, 1.165) is 31.9 Å². The number of likely N-dealkylation sites (N-methyl/N-ethyl adjacent to an activating group) is 2. The second-order valence-corrected chi connectivity index (χ2v) is 4.35. The Kier molecular flexibility index (Phi) is 3.98. The van der Waals surface area contributed by atoms with Crippen LogP contribution in [0.4, 0.5) is 0 Å².